The number of carbonyl (C=O) groups is 1. The summed E-state index contributed by atoms with van der Waals surface area (Å²) in [4.78, 5) is 21.0. The summed E-state index contributed by atoms with van der Waals surface area (Å²) in [5, 5.41) is 8.79. The fourth-order valence-corrected chi connectivity index (χ4v) is 7.05. The number of hydrogen-bond acceptors (Lipinski definition) is 7. The number of nitrogens with zero attached hydrogens (tertiary/aromatic N) is 5. The van der Waals surface area contributed by atoms with Gasteiger partial charge in [0.2, 0.25) is 0 Å². The summed E-state index contributed by atoms with van der Waals surface area (Å²) in [6.45, 7) is 14.5. The molecule has 0 saturated carbocycles. The van der Waals surface area contributed by atoms with Crippen molar-refractivity contribution in [3.8, 4) is 5.75 Å². The van der Waals surface area contributed by atoms with Crippen molar-refractivity contribution >= 4 is 16.8 Å². The maximum Gasteiger partial charge on any atom is 0.139 e. The van der Waals surface area contributed by atoms with Gasteiger partial charge in [0.25, 0.3) is 0 Å². The van der Waals surface area contributed by atoms with Gasteiger partial charge in [-0.25, -0.2) is 4.68 Å². The second-order valence-corrected chi connectivity index (χ2v) is 13.4. The van der Waals surface area contributed by atoms with E-state index in [2.05, 4.69) is 85.1 Å². The highest BCUT2D eigenvalue weighted by molar-refractivity contribution is 5.87. The second-order valence-electron chi connectivity index (χ2n) is 13.4. The molecule has 0 radical (unpaired) electrons. The van der Waals surface area contributed by atoms with Gasteiger partial charge in [-0.05, 0) is 72.6 Å². The molecule has 2 aliphatic rings. The van der Waals surface area contributed by atoms with Gasteiger partial charge in [-0.15, -0.1) is 5.10 Å². The number of aromatic nitrogens is 4. The molecule has 1 unspecified atom stereocenters. The molecule has 8 nitrogen and oxygen atoms in total. The Bertz CT molecular complexity index is 1660. The number of fused-ring (bicyclic) bond motifs is 2. The van der Waals surface area contributed by atoms with E-state index in [1.54, 1.807) is 6.20 Å². The average molecular weight is 596 g/mol. The van der Waals surface area contributed by atoms with Crippen LogP contribution in [-0.2, 0) is 29.7 Å². The first kappa shape index (κ1) is 30.4. The molecule has 0 bridgehead atoms. The van der Waals surface area contributed by atoms with Crippen LogP contribution in [0.1, 0.15) is 79.3 Å². The minimum Gasteiger partial charge on any atom is -0.489 e. The molecule has 4 heterocycles. The molecule has 2 aromatic carbocycles. The lowest BCUT2D eigenvalue weighted by atomic mass is 9.66. The Morgan fingerprint density at radius 3 is 2.77 bits per heavy atom. The fraction of sp³-hybridized carbons (Fsp3) is 0.500. The molecule has 0 aliphatic carbocycles. The van der Waals surface area contributed by atoms with E-state index >= 15 is 0 Å². The summed E-state index contributed by atoms with van der Waals surface area (Å²) in [5.74, 6) is 1.35. The molecule has 44 heavy (non-hydrogen) atoms. The highest BCUT2D eigenvalue weighted by Gasteiger charge is 2.41. The highest BCUT2D eigenvalue weighted by Crippen LogP contribution is 2.45. The summed E-state index contributed by atoms with van der Waals surface area (Å²) < 4.78 is 13.8. The van der Waals surface area contributed by atoms with Crippen LogP contribution in [0.4, 0.5) is 0 Å². The molecule has 8 heteroatoms. The molecule has 2 aromatic heterocycles. The molecule has 6 rings (SSSR count). The maximum absolute atomic E-state index is 14.2. The zero-order chi connectivity index (χ0) is 31.0. The Hall–Kier alpha value is -3.62. The van der Waals surface area contributed by atoms with Crippen LogP contribution >= 0.6 is 0 Å². The third-order valence-corrected chi connectivity index (χ3v) is 9.89. The fourth-order valence-electron chi connectivity index (χ4n) is 7.05. The second kappa shape index (κ2) is 12.4. The zero-order valence-corrected chi connectivity index (χ0v) is 27.0. The number of pyridine rings is 1. The van der Waals surface area contributed by atoms with Crippen molar-refractivity contribution in [2.24, 2.45) is 18.4 Å². The number of carbonyl (C=O) groups excluding carboxylic acids is 1. The number of Topliss-reactive ketones (excluding diaryl/α,β-unsaturated/α-hetero) is 1. The quantitative estimate of drug-likeness (QED) is 0.224. The van der Waals surface area contributed by atoms with Crippen LogP contribution in [0.25, 0.3) is 11.0 Å². The van der Waals surface area contributed by atoms with Gasteiger partial charge in [-0.1, -0.05) is 50.3 Å². The van der Waals surface area contributed by atoms with E-state index in [-0.39, 0.29) is 23.7 Å². The lowest BCUT2D eigenvalue weighted by Gasteiger charge is -2.36. The van der Waals surface area contributed by atoms with Crippen molar-refractivity contribution in [3.63, 3.8) is 0 Å². The SMILES string of the molecule is CC[C@@H]1CN(Cc2cc([C@@H](c3ccc4c(nnn4C)c3C)C(C)(C)C(=O)CC3CCOC3)ccc2C)Cc2cnccc2O1. The van der Waals surface area contributed by atoms with Gasteiger partial charge in [0.1, 0.15) is 23.2 Å². The molecule has 0 amide bonds. The van der Waals surface area contributed by atoms with Gasteiger partial charge in [0.05, 0.1) is 5.52 Å². The minimum absolute atomic E-state index is 0.118. The molecular formula is C36H45N5O3. The number of hydrogen-bond donors (Lipinski definition) is 0. The highest BCUT2D eigenvalue weighted by atomic mass is 16.5. The van der Waals surface area contributed by atoms with E-state index < -0.39 is 5.41 Å². The normalized spacial score (nSPS) is 19.9. The molecule has 4 aromatic rings. The molecule has 3 atom stereocenters. The monoisotopic (exact) mass is 595 g/mol. The zero-order valence-electron chi connectivity index (χ0n) is 27.0. The third kappa shape index (κ3) is 5.89. The Kier molecular flexibility index (Phi) is 8.57. The van der Waals surface area contributed by atoms with E-state index in [0.29, 0.717) is 13.0 Å². The molecule has 2 aliphatic heterocycles. The van der Waals surface area contributed by atoms with Gasteiger partial charge in [-0.2, -0.15) is 0 Å². The number of ketones is 1. The number of ether oxygens (including phenoxy) is 2. The molecule has 232 valence electrons. The van der Waals surface area contributed by atoms with Crippen LogP contribution in [-0.4, -0.2) is 56.5 Å². The topological polar surface area (TPSA) is 82.4 Å². The van der Waals surface area contributed by atoms with Gasteiger partial charge < -0.3 is 9.47 Å². The molecular weight excluding hydrogens is 550 g/mol. The predicted octanol–water partition coefficient (Wildman–Crippen LogP) is 6.31. The number of aryl methyl sites for hydroxylation is 3. The summed E-state index contributed by atoms with van der Waals surface area (Å²) in [7, 11) is 1.92. The van der Waals surface area contributed by atoms with Crippen molar-refractivity contribution in [2.75, 3.05) is 19.8 Å². The summed E-state index contributed by atoms with van der Waals surface area (Å²) in [6.07, 6.45) is 6.27. The first-order valence-corrected chi connectivity index (χ1v) is 16.0. The smallest absolute Gasteiger partial charge is 0.139 e. The largest absolute Gasteiger partial charge is 0.489 e. The van der Waals surface area contributed by atoms with Crippen molar-refractivity contribution in [1.29, 1.82) is 0 Å². The van der Waals surface area contributed by atoms with E-state index in [0.717, 1.165) is 78.1 Å². The van der Waals surface area contributed by atoms with Gasteiger partial charge in [-0.3, -0.25) is 14.7 Å². The van der Waals surface area contributed by atoms with Crippen LogP contribution in [0.3, 0.4) is 0 Å². The van der Waals surface area contributed by atoms with Crippen LogP contribution in [0.15, 0.2) is 48.8 Å². The number of benzene rings is 2. The molecule has 0 N–H and O–H groups in total. The van der Waals surface area contributed by atoms with Crippen LogP contribution in [0, 0.1) is 25.2 Å². The van der Waals surface area contributed by atoms with Gasteiger partial charge in [0, 0.05) is 75.6 Å². The van der Waals surface area contributed by atoms with E-state index in [1.165, 1.54) is 11.1 Å². The Labute approximate surface area is 260 Å². The van der Waals surface area contributed by atoms with Crippen molar-refractivity contribution in [3.05, 3.63) is 82.2 Å². The summed E-state index contributed by atoms with van der Waals surface area (Å²) in [6, 6.07) is 13.0. The van der Waals surface area contributed by atoms with Crippen molar-refractivity contribution < 1.29 is 14.3 Å². The predicted molar refractivity (Wildman–Crippen MR) is 172 cm³/mol. The Balaban J connectivity index is 1.39. The average Bonchev–Trinajstić information content (AvgIpc) is 3.61. The van der Waals surface area contributed by atoms with Crippen molar-refractivity contribution in [2.45, 2.75) is 79.0 Å². The number of rotatable bonds is 9. The minimum atomic E-state index is -0.649. The van der Waals surface area contributed by atoms with E-state index in [4.69, 9.17) is 9.47 Å². The van der Waals surface area contributed by atoms with Crippen LogP contribution < -0.4 is 4.74 Å². The lowest BCUT2D eigenvalue weighted by molar-refractivity contribution is -0.128. The Morgan fingerprint density at radius 1 is 1.16 bits per heavy atom. The van der Waals surface area contributed by atoms with Crippen molar-refractivity contribution in [1.82, 2.24) is 24.9 Å². The first-order valence-electron chi connectivity index (χ1n) is 16.0. The van der Waals surface area contributed by atoms with Gasteiger partial charge >= 0.3 is 0 Å². The molecule has 1 fully saturated rings. The molecule has 0 spiro atoms. The van der Waals surface area contributed by atoms with Crippen LogP contribution in [0.5, 0.6) is 5.75 Å². The summed E-state index contributed by atoms with van der Waals surface area (Å²) >= 11 is 0. The molecule has 1 saturated heterocycles. The van der Waals surface area contributed by atoms with Crippen LogP contribution in [0.2, 0.25) is 0 Å². The first-order chi connectivity index (χ1) is 21.2. The Morgan fingerprint density at radius 2 is 2.00 bits per heavy atom. The maximum atomic E-state index is 14.2. The standard InChI is InChI=1S/C36H45N5O3/c1-7-29-21-41(20-28-18-37-14-12-32(28)44-29)19-27-17-26(9-8-23(27)2)34(36(4,5)33(42)16-25-13-15-43-22-25)30-10-11-31-35(24(30)3)38-39-40(31)6/h8-12,14,17-18,25,29,34H,7,13,15-16,19-22H2,1-6H3/t25?,29-,34+/m1/s1. The third-order valence-electron chi connectivity index (χ3n) is 9.89. The lowest BCUT2D eigenvalue weighted by Crippen LogP contribution is -2.34. The van der Waals surface area contributed by atoms with Gasteiger partial charge in [0.15, 0.2) is 0 Å². The van der Waals surface area contributed by atoms with E-state index in [9.17, 15) is 4.79 Å². The summed E-state index contributed by atoms with van der Waals surface area (Å²) in [5.41, 5.74) is 8.21. The van der Waals surface area contributed by atoms with E-state index in [1.807, 2.05) is 24.0 Å².